The standard InChI is InChI=1S/C14H16Br2N2OS/c1-4-5-9(15)13(19)18-14-17-11-7(2)6-10(16)8(3)12(11)20-14/h6,9H,4-5H2,1-3H3,(H,17,18,19)/t9-/m0/s1. The summed E-state index contributed by atoms with van der Waals surface area (Å²) in [5.41, 5.74) is 3.23. The van der Waals surface area contributed by atoms with E-state index in [1.165, 1.54) is 11.3 Å². The van der Waals surface area contributed by atoms with Gasteiger partial charge in [-0.25, -0.2) is 4.98 Å². The Bertz CT molecular complexity index is 654. The van der Waals surface area contributed by atoms with Crippen molar-refractivity contribution in [2.24, 2.45) is 0 Å². The molecule has 0 saturated carbocycles. The number of anilines is 1. The van der Waals surface area contributed by atoms with Crippen molar-refractivity contribution in [2.75, 3.05) is 5.32 Å². The third-order valence-corrected chi connectivity index (χ3v) is 5.89. The van der Waals surface area contributed by atoms with Gasteiger partial charge in [0, 0.05) is 4.47 Å². The molecule has 108 valence electrons. The fourth-order valence-electron chi connectivity index (χ4n) is 1.94. The number of nitrogens with zero attached hydrogens (tertiary/aromatic N) is 1. The Morgan fingerprint density at radius 3 is 2.85 bits per heavy atom. The summed E-state index contributed by atoms with van der Waals surface area (Å²) in [7, 11) is 0. The van der Waals surface area contributed by atoms with Crippen molar-refractivity contribution in [1.82, 2.24) is 4.98 Å². The topological polar surface area (TPSA) is 42.0 Å². The van der Waals surface area contributed by atoms with E-state index in [0.29, 0.717) is 5.13 Å². The number of hydrogen-bond acceptors (Lipinski definition) is 3. The molecule has 0 bridgehead atoms. The van der Waals surface area contributed by atoms with Crippen LogP contribution < -0.4 is 5.32 Å². The third-order valence-electron chi connectivity index (χ3n) is 3.10. The van der Waals surface area contributed by atoms with Crippen LogP contribution in [-0.4, -0.2) is 15.7 Å². The van der Waals surface area contributed by atoms with Crippen molar-refractivity contribution in [3.8, 4) is 0 Å². The van der Waals surface area contributed by atoms with E-state index in [4.69, 9.17) is 0 Å². The van der Waals surface area contributed by atoms with Gasteiger partial charge in [0.25, 0.3) is 0 Å². The first-order chi connectivity index (χ1) is 9.43. The molecule has 0 aliphatic carbocycles. The molecule has 3 nitrogen and oxygen atoms in total. The van der Waals surface area contributed by atoms with E-state index in [1.807, 2.05) is 6.92 Å². The molecule has 0 saturated heterocycles. The number of alkyl halides is 1. The number of thiazole rings is 1. The minimum atomic E-state index is -0.159. The minimum Gasteiger partial charge on any atom is -0.301 e. The number of rotatable bonds is 4. The number of nitrogens with one attached hydrogen (secondary N) is 1. The number of fused-ring (bicyclic) bond motifs is 1. The lowest BCUT2D eigenvalue weighted by molar-refractivity contribution is -0.115. The summed E-state index contributed by atoms with van der Waals surface area (Å²) in [5, 5.41) is 3.56. The highest BCUT2D eigenvalue weighted by Gasteiger charge is 2.17. The second-order valence-electron chi connectivity index (χ2n) is 4.74. The number of carbonyl (C=O) groups is 1. The quantitative estimate of drug-likeness (QED) is 0.693. The largest absolute Gasteiger partial charge is 0.301 e. The van der Waals surface area contributed by atoms with Crippen LogP contribution in [0.5, 0.6) is 0 Å². The molecule has 1 aromatic carbocycles. The molecule has 1 heterocycles. The molecule has 0 aliphatic heterocycles. The van der Waals surface area contributed by atoms with Gasteiger partial charge in [0.15, 0.2) is 5.13 Å². The normalized spacial score (nSPS) is 12.7. The summed E-state index contributed by atoms with van der Waals surface area (Å²) < 4.78 is 2.20. The molecule has 2 rings (SSSR count). The number of amides is 1. The van der Waals surface area contributed by atoms with Crippen LogP contribution in [0.4, 0.5) is 5.13 Å². The number of hydrogen-bond donors (Lipinski definition) is 1. The molecule has 1 amide bonds. The molecule has 1 N–H and O–H groups in total. The molecule has 1 aromatic heterocycles. The first kappa shape index (κ1) is 15.9. The number of aryl methyl sites for hydroxylation is 2. The smallest absolute Gasteiger partial charge is 0.239 e. The van der Waals surface area contributed by atoms with Gasteiger partial charge in [0.2, 0.25) is 5.91 Å². The lowest BCUT2D eigenvalue weighted by atomic mass is 10.1. The van der Waals surface area contributed by atoms with Crippen molar-refractivity contribution in [3.05, 3.63) is 21.7 Å². The van der Waals surface area contributed by atoms with Crippen LogP contribution in [0.2, 0.25) is 0 Å². The summed E-state index contributed by atoms with van der Waals surface area (Å²) in [6.07, 6.45) is 1.79. The average molecular weight is 420 g/mol. The van der Waals surface area contributed by atoms with Gasteiger partial charge in [-0.3, -0.25) is 4.79 Å². The number of benzene rings is 1. The molecule has 0 radical (unpaired) electrons. The highest BCUT2D eigenvalue weighted by Crippen LogP contribution is 2.35. The predicted molar refractivity (Wildman–Crippen MR) is 93.0 cm³/mol. The first-order valence-corrected chi connectivity index (χ1v) is 8.97. The number of carbonyl (C=O) groups excluding carboxylic acids is 1. The number of aromatic nitrogens is 1. The van der Waals surface area contributed by atoms with Crippen molar-refractivity contribution < 1.29 is 4.79 Å². The summed E-state index contributed by atoms with van der Waals surface area (Å²) in [5.74, 6) is -0.0275. The first-order valence-electron chi connectivity index (χ1n) is 6.45. The molecule has 20 heavy (non-hydrogen) atoms. The van der Waals surface area contributed by atoms with Crippen molar-refractivity contribution >= 4 is 64.5 Å². The van der Waals surface area contributed by atoms with E-state index in [0.717, 1.165) is 38.7 Å². The van der Waals surface area contributed by atoms with Gasteiger partial charge >= 0.3 is 0 Å². The highest BCUT2D eigenvalue weighted by atomic mass is 79.9. The summed E-state index contributed by atoms with van der Waals surface area (Å²) in [4.78, 5) is 16.4. The van der Waals surface area contributed by atoms with E-state index in [-0.39, 0.29) is 10.7 Å². The van der Waals surface area contributed by atoms with Crippen molar-refractivity contribution in [2.45, 2.75) is 38.4 Å². The predicted octanol–water partition coefficient (Wildman–Crippen LogP) is 5.18. The second kappa shape index (κ2) is 6.54. The maximum atomic E-state index is 12.0. The average Bonchev–Trinajstić information content (AvgIpc) is 2.81. The molecule has 0 aliphatic rings. The van der Waals surface area contributed by atoms with E-state index in [9.17, 15) is 4.79 Å². The van der Waals surface area contributed by atoms with Gasteiger partial charge in [-0.1, -0.05) is 56.5 Å². The lowest BCUT2D eigenvalue weighted by Gasteiger charge is -2.06. The Labute approximate surface area is 139 Å². The molecule has 1 atom stereocenters. The van der Waals surface area contributed by atoms with Gasteiger partial charge in [-0.15, -0.1) is 0 Å². The Hall–Kier alpha value is -0.460. The molecular formula is C14H16Br2N2OS. The molecule has 6 heteroatoms. The van der Waals surface area contributed by atoms with Crippen LogP contribution in [0, 0.1) is 13.8 Å². The van der Waals surface area contributed by atoms with Gasteiger partial charge in [-0.05, 0) is 37.5 Å². The Morgan fingerprint density at radius 1 is 1.50 bits per heavy atom. The molecule has 0 spiro atoms. The highest BCUT2D eigenvalue weighted by molar-refractivity contribution is 9.10. The maximum absolute atomic E-state index is 12.0. The Morgan fingerprint density at radius 2 is 2.20 bits per heavy atom. The molecule has 2 aromatic rings. The van der Waals surface area contributed by atoms with Gasteiger partial charge in [0.05, 0.1) is 15.0 Å². The van der Waals surface area contributed by atoms with Crippen LogP contribution in [0.3, 0.4) is 0 Å². The molecular weight excluding hydrogens is 404 g/mol. The minimum absolute atomic E-state index is 0.0275. The molecule has 0 unspecified atom stereocenters. The van der Waals surface area contributed by atoms with Gasteiger partial charge in [0.1, 0.15) is 0 Å². The van der Waals surface area contributed by atoms with Crippen LogP contribution in [0.1, 0.15) is 30.9 Å². The monoisotopic (exact) mass is 418 g/mol. The summed E-state index contributed by atoms with van der Waals surface area (Å²) in [6, 6.07) is 2.06. The third kappa shape index (κ3) is 3.23. The van der Waals surface area contributed by atoms with Crippen LogP contribution in [0.25, 0.3) is 10.2 Å². The zero-order valence-electron chi connectivity index (χ0n) is 11.6. The van der Waals surface area contributed by atoms with E-state index >= 15 is 0 Å². The maximum Gasteiger partial charge on any atom is 0.239 e. The van der Waals surface area contributed by atoms with Gasteiger partial charge < -0.3 is 5.32 Å². The zero-order chi connectivity index (χ0) is 14.9. The number of halogens is 2. The van der Waals surface area contributed by atoms with E-state index < -0.39 is 0 Å². The van der Waals surface area contributed by atoms with Crippen molar-refractivity contribution in [3.63, 3.8) is 0 Å². The summed E-state index contributed by atoms with van der Waals surface area (Å²) in [6.45, 7) is 6.14. The van der Waals surface area contributed by atoms with Crippen LogP contribution >= 0.6 is 43.2 Å². The van der Waals surface area contributed by atoms with Gasteiger partial charge in [-0.2, -0.15) is 0 Å². The zero-order valence-corrected chi connectivity index (χ0v) is 15.6. The Kier molecular flexibility index (Phi) is 5.20. The van der Waals surface area contributed by atoms with Crippen molar-refractivity contribution in [1.29, 1.82) is 0 Å². The summed E-state index contributed by atoms with van der Waals surface area (Å²) >= 11 is 8.48. The fraction of sp³-hybridized carbons (Fsp3) is 0.429. The fourth-order valence-corrected chi connectivity index (χ4v) is 4.23. The Balaban J connectivity index is 2.31. The van der Waals surface area contributed by atoms with E-state index in [2.05, 4.69) is 62.1 Å². The second-order valence-corrected chi connectivity index (χ2v) is 7.70. The van der Waals surface area contributed by atoms with Crippen LogP contribution in [0.15, 0.2) is 10.5 Å². The van der Waals surface area contributed by atoms with Crippen LogP contribution in [-0.2, 0) is 4.79 Å². The van der Waals surface area contributed by atoms with E-state index in [1.54, 1.807) is 0 Å². The molecule has 0 fully saturated rings. The SMILES string of the molecule is CCC[C@H](Br)C(=O)Nc1nc2c(C)cc(Br)c(C)c2s1. The lowest BCUT2D eigenvalue weighted by Crippen LogP contribution is -2.22.